The molecule has 0 unspecified atom stereocenters. The molecule has 9 nitrogen and oxygen atoms in total. The highest BCUT2D eigenvalue weighted by molar-refractivity contribution is 6.34. The molecule has 0 aliphatic carbocycles. The lowest BCUT2D eigenvalue weighted by Crippen LogP contribution is -2.50. The SMILES string of the molecule is C[C@@H]1CNCCN1c1ccc(Nc2ncc3c(n2)OCN(c2c(F)cccc2Cl)C3=O)cc1C#N. The van der Waals surface area contributed by atoms with Gasteiger partial charge in [0.1, 0.15) is 23.1 Å². The van der Waals surface area contributed by atoms with Crippen LogP contribution in [-0.4, -0.2) is 48.3 Å². The second-order valence-corrected chi connectivity index (χ2v) is 8.61. The zero-order valence-electron chi connectivity index (χ0n) is 18.8. The monoisotopic (exact) mass is 493 g/mol. The second kappa shape index (κ2) is 9.37. The minimum Gasteiger partial charge on any atom is -0.455 e. The number of hydrogen-bond acceptors (Lipinski definition) is 8. The molecular formula is C24H21ClFN7O2. The van der Waals surface area contributed by atoms with E-state index in [2.05, 4.69) is 38.5 Å². The molecule has 35 heavy (non-hydrogen) atoms. The summed E-state index contributed by atoms with van der Waals surface area (Å²) in [5, 5.41) is 16.2. The van der Waals surface area contributed by atoms with E-state index in [1.165, 1.54) is 24.4 Å². The first-order valence-corrected chi connectivity index (χ1v) is 11.4. The third-order valence-electron chi connectivity index (χ3n) is 5.95. The number of fused-ring (bicyclic) bond motifs is 1. The highest BCUT2D eigenvalue weighted by atomic mass is 35.5. The predicted octanol–water partition coefficient (Wildman–Crippen LogP) is 3.68. The number of aromatic nitrogens is 2. The van der Waals surface area contributed by atoms with Crippen LogP contribution in [0.4, 0.5) is 27.4 Å². The fourth-order valence-corrected chi connectivity index (χ4v) is 4.47. The van der Waals surface area contributed by atoms with E-state index in [1.807, 2.05) is 12.1 Å². The summed E-state index contributed by atoms with van der Waals surface area (Å²) in [6, 6.07) is 12.2. The second-order valence-electron chi connectivity index (χ2n) is 8.20. The molecule has 3 aromatic rings. The van der Waals surface area contributed by atoms with Crippen molar-refractivity contribution in [3.8, 4) is 11.9 Å². The third-order valence-corrected chi connectivity index (χ3v) is 6.26. The molecule has 0 bridgehead atoms. The van der Waals surface area contributed by atoms with Crippen LogP contribution in [0.15, 0.2) is 42.6 Å². The van der Waals surface area contributed by atoms with Gasteiger partial charge in [-0.3, -0.25) is 9.69 Å². The molecule has 1 saturated heterocycles. The van der Waals surface area contributed by atoms with Crippen molar-refractivity contribution < 1.29 is 13.9 Å². The number of nitrogens with one attached hydrogen (secondary N) is 2. The molecule has 5 rings (SSSR count). The number of carbonyl (C=O) groups excluding carboxylic acids is 1. The molecule has 0 radical (unpaired) electrons. The molecule has 0 spiro atoms. The molecule has 2 N–H and O–H groups in total. The standard InChI is InChI=1S/C24H21ClFN7O2/c1-14-11-28-7-8-32(14)20-6-5-16(9-15(20)10-27)30-24-29-12-17-22(31-24)35-13-33(23(17)34)21-18(25)3-2-4-19(21)26/h2-6,9,12,14,28H,7-8,11,13H2,1H3,(H,29,30,31)/t14-/m1/s1. The highest BCUT2D eigenvalue weighted by Crippen LogP contribution is 2.34. The van der Waals surface area contributed by atoms with Crippen LogP contribution in [0.2, 0.25) is 5.02 Å². The van der Waals surface area contributed by atoms with Crippen LogP contribution >= 0.6 is 11.6 Å². The molecule has 2 aliphatic heterocycles. The molecule has 1 fully saturated rings. The average Bonchev–Trinajstić information content (AvgIpc) is 2.85. The Morgan fingerprint density at radius 1 is 1.34 bits per heavy atom. The highest BCUT2D eigenvalue weighted by Gasteiger charge is 2.32. The number of nitriles is 1. The van der Waals surface area contributed by atoms with Crippen LogP contribution in [0, 0.1) is 17.1 Å². The van der Waals surface area contributed by atoms with Crippen LogP contribution in [0.25, 0.3) is 0 Å². The van der Waals surface area contributed by atoms with E-state index in [0.717, 1.165) is 30.2 Å². The number of para-hydroxylation sites is 1. The van der Waals surface area contributed by atoms with Crippen LogP contribution in [0.3, 0.4) is 0 Å². The Balaban J connectivity index is 1.37. The maximum atomic E-state index is 14.3. The Hall–Kier alpha value is -3.94. The van der Waals surface area contributed by atoms with Crippen molar-refractivity contribution in [2.24, 2.45) is 0 Å². The van der Waals surface area contributed by atoms with Gasteiger partial charge < -0.3 is 20.3 Å². The summed E-state index contributed by atoms with van der Waals surface area (Å²) in [7, 11) is 0. The van der Waals surface area contributed by atoms with Crippen molar-refractivity contribution in [2.75, 3.05) is 41.5 Å². The fourth-order valence-electron chi connectivity index (χ4n) is 4.21. The van der Waals surface area contributed by atoms with E-state index >= 15 is 0 Å². The van der Waals surface area contributed by atoms with Gasteiger partial charge >= 0.3 is 0 Å². The summed E-state index contributed by atoms with van der Waals surface area (Å²) in [5.74, 6) is -0.890. The minimum atomic E-state index is -0.635. The van der Waals surface area contributed by atoms with Gasteiger partial charge in [0.15, 0.2) is 6.73 Å². The Morgan fingerprint density at radius 2 is 2.20 bits per heavy atom. The number of ether oxygens (including phenoxy) is 1. The number of anilines is 4. The maximum absolute atomic E-state index is 14.3. The van der Waals surface area contributed by atoms with Crippen molar-refractivity contribution in [3.63, 3.8) is 0 Å². The lowest BCUT2D eigenvalue weighted by Gasteiger charge is -2.36. The average molecular weight is 494 g/mol. The summed E-state index contributed by atoms with van der Waals surface area (Å²) in [4.78, 5) is 24.8. The molecule has 0 saturated carbocycles. The van der Waals surface area contributed by atoms with Crippen molar-refractivity contribution in [1.82, 2.24) is 15.3 Å². The Bertz CT molecular complexity index is 1330. The first-order chi connectivity index (χ1) is 17.0. The smallest absolute Gasteiger partial charge is 0.268 e. The van der Waals surface area contributed by atoms with E-state index in [4.69, 9.17) is 16.3 Å². The number of amides is 1. The maximum Gasteiger partial charge on any atom is 0.268 e. The molecule has 11 heteroatoms. The lowest BCUT2D eigenvalue weighted by molar-refractivity contribution is 0.0931. The summed E-state index contributed by atoms with van der Waals surface area (Å²) >= 11 is 6.10. The van der Waals surface area contributed by atoms with Gasteiger partial charge in [0.25, 0.3) is 5.91 Å². The van der Waals surface area contributed by atoms with Crippen molar-refractivity contribution in [1.29, 1.82) is 5.26 Å². The number of piperazine rings is 1. The zero-order valence-corrected chi connectivity index (χ0v) is 19.5. The van der Waals surface area contributed by atoms with Crippen molar-refractivity contribution in [3.05, 3.63) is 64.6 Å². The van der Waals surface area contributed by atoms with Gasteiger partial charge in [-0.2, -0.15) is 10.2 Å². The van der Waals surface area contributed by atoms with Crippen LogP contribution in [0.5, 0.6) is 5.88 Å². The van der Waals surface area contributed by atoms with Gasteiger partial charge in [0, 0.05) is 37.6 Å². The number of rotatable bonds is 4. The summed E-state index contributed by atoms with van der Waals surface area (Å²) in [6.45, 7) is 4.39. The Labute approximate surface area is 206 Å². The van der Waals surface area contributed by atoms with Gasteiger partial charge in [-0.25, -0.2) is 9.37 Å². The number of nitrogens with zero attached hydrogens (tertiary/aromatic N) is 5. The number of halogens is 2. The normalized spacial score (nSPS) is 17.4. The third kappa shape index (κ3) is 4.32. The van der Waals surface area contributed by atoms with E-state index in [9.17, 15) is 14.4 Å². The number of hydrogen-bond donors (Lipinski definition) is 2. The molecular weight excluding hydrogens is 473 g/mol. The fraction of sp³-hybridized carbons (Fsp3) is 0.250. The topological polar surface area (TPSA) is 106 Å². The molecule has 2 aromatic carbocycles. The largest absolute Gasteiger partial charge is 0.455 e. The van der Waals surface area contributed by atoms with Gasteiger partial charge in [-0.1, -0.05) is 17.7 Å². The van der Waals surface area contributed by atoms with E-state index in [-0.39, 0.29) is 40.9 Å². The van der Waals surface area contributed by atoms with E-state index in [0.29, 0.717) is 11.3 Å². The molecule has 1 amide bonds. The van der Waals surface area contributed by atoms with E-state index in [1.54, 1.807) is 6.07 Å². The van der Waals surface area contributed by atoms with Crippen LogP contribution in [-0.2, 0) is 0 Å². The van der Waals surface area contributed by atoms with Crippen molar-refractivity contribution >= 4 is 40.5 Å². The van der Waals surface area contributed by atoms with Crippen LogP contribution < -0.4 is 25.2 Å². The van der Waals surface area contributed by atoms with Gasteiger partial charge in [0.05, 0.1) is 16.3 Å². The molecule has 3 heterocycles. The van der Waals surface area contributed by atoms with Gasteiger partial charge in [0.2, 0.25) is 11.8 Å². The minimum absolute atomic E-state index is 0.0602. The molecule has 1 aromatic heterocycles. The summed E-state index contributed by atoms with van der Waals surface area (Å²) in [5.41, 5.74) is 2.05. The zero-order chi connectivity index (χ0) is 24.5. The van der Waals surface area contributed by atoms with Crippen molar-refractivity contribution in [2.45, 2.75) is 13.0 Å². The molecule has 2 aliphatic rings. The molecule has 178 valence electrons. The first-order valence-electron chi connectivity index (χ1n) is 11.0. The van der Waals surface area contributed by atoms with Gasteiger partial charge in [-0.05, 0) is 37.3 Å². The number of carbonyl (C=O) groups is 1. The van der Waals surface area contributed by atoms with Crippen LogP contribution in [0.1, 0.15) is 22.8 Å². The summed E-state index contributed by atoms with van der Waals surface area (Å²) in [6.07, 6.45) is 1.32. The predicted molar refractivity (Wildman–Crippen MR) is 130 cm³/mol. The van der Waals surface area contributed by atoms with Gasteiger partial charge in [-0.15, -0.1) is 0 Å². The first kappa shape index (κ1) is 22.8. The lowest BCUT2D eigenvalue weighted by atomic mass is 10.1. The Morgan fingerprint density at radius 3 is 2.97 bits per heavy atom. The number of benzene rings is 2. The quantitative estimate of drug-likeness (QED) is 0.567. The molecule has 1 atom stereocenters. The summed E-state index contributed by atoms with van der Waals surface area (Å²) < 4.78 is 19.9. The Kier molecular flexibility index (Phi) is 6.11. The van der Waals surface area contributed by atoms with E-state index < -0.39 is 11.7 Å².